The van der Waals surface area contributed by atoms with E-state index in [1.165, 1.54) is 0 Å². The Morgan fingerprint density at radius 3 is 2.57 bits per heavy atom. The summed E-state index contributed by atoms with van der Waals surface area (Å²) in [5.41, 5.74) is -0.415. The topological polar surface area (TPSA) is 46.6 Å². The summed E-state index contributed by atoms with van der Waals surface area (Å²) in [5.74, 6) is 0.156. The summed E-state index contributed by atoms with van der Waals surface area (Å²) in [6, 6.07) is 0. The Balaban J connectivity index is 2.94. The molecule has 1 heterocycles. The molecule has 0 unspecified atom stereocenters. The molecule has 0 bridgehead atoms. The van der Waals surface area contributed by atoms with Crippen LogP contribution < -0.4 is 0 Å². The van der Waals surface area contributed by atoms with Crippen LogP contribution in [-0.4, -0.2) is 43.3 Å². The standard InChI is InChI=1S/C9H19NO3S/c1-5-14(11,12)10-6-8(2)13-7-9(10,3)4/h8H,5-7H2,1-4H3/t8-/m1/s1. The van der Waals surface area contributed by atoms with E-state index in [4.69, 9.17) is 4.74 Å². The van der Waals surface area contributed by atoms with Crippen molar-refractivity contribution in [3.05, 3.63) is 0 Å². The molecule has 0 spiro atoms. The second-order valence-electron chi connectivity index (χ2n) is 4.37. The lowest BCUT2D eigenvalue weighted by Crippen LogP contribution is -2.57. The third kappa shape index (κ3) is 2.27. The van der Waals surface area contributed by atoms with Crippen molar-refractivity contribution >= 4 is 10.0 Å². The minimum absolute atomic E-state index is 0.00986. The van der Waals surface area contributed by atoms with E-state index in [1.807, 2.05) is 20.8 Å². The molecule has 1 atom stereocenters. The summed E-state index contributed by atoms with van der Waals surface area (Å²) in [5, 5.41) is 0. The Hall–Kier alpha value is -0.130. The summed E-state index contributed by atoms with van der Waals surface area (Å²) in [6.45, 7) is 8.29. The van der Waals surface area contributed by atoms with E-state index in [0.717, 1.165) is 0 Å². The zero-order valence-electron chi connectivity index (χ0n) is 9.28. The lowest BCUT2D eigenvalue weighted by Gasteiger charge is -2.43. The Morgan fingerprint density at radius 2 is 2.07 bits per heavy atom. The van der Waals surface area contributed by atoms with Gasteiger partial charge in [0.15, 0.2) is 0 Å². The van der Waals surface area contributed by atoms with Crippen LogP contribution >= 0.6 is 0 Å². The average Bonchev–Trinajstić information content (AvgIpc) is 2.09. The van der Waals surface area contributed by atoms with Crippen molar-refractivity contribution < 1.29 is 13.2 Å². The lowest BCUT2D eigenvalue weighted by atomic mass is 10.1. The summed E-state index contributed by atoms with van der Waals surface area (Å²) in [4.78, 5) is 0. The van der Waals surface area contributed by atoms with Gasteiger partial charge < -0.3 is 4.74 Å². The van der Waals surface area contributed by atoms with Crippen molar-refractivity contribution in [2.24, 2.45) is 0 Å². The maximum atomic E-state index is 11.8. The molecule has 0 saturated carbocycles. The van der Waals surface area contributed by atoms with Crippen LogP contribution in [-0.2, 0) is 14.8 Å². The molecule has 0 aromatic carbocycles. The van der Waals surface area contributed by atoms with E-state index >= 15 is 0 Å². The highest BCUT2D eigenvalue weighted by Gasteiger charge is 2.40. The molecule has 84 valence electrons. The van der Waals surface area contributed by atoms with Crippen LogP contribution in [0.3, 0.4) is 0 Å². The summed E-state index contributed by atoms with van der Waals surface area (Å²) < 4.78 is 30.6. The SMILES string of the molecule is CCS(=O)(=O)N1C[C@@H](C)OCC1(C)C. The van der Waals surface area contributed by atoms with Gasteiger partial charge in [0.1, 0.15) is 0 Å². The van der Waals surface area contributed by atoms with Crippen molar-refractivity contribution in [2.45, 2.75) is 39.3 Å². The van der Waals surface area contributed by atoms with Crippen molar-refractivity contribution in [1.82, 2.24) is 4.31 Å². The molecular weight excluding hydrogens is 202 g/mol. The van der Waals surface area contributed by atoms with Crippen molar-refractivity contribution in [3.8, 4) is 0 Å². The highest BCUT2D eigenvalue weighted by molar-refractivity contribution is 7.89. The molecule has 1 aliphatic rings. The number of hydrogen-bond acceptors (Lipinski definition) is 3. The summed E-state index contributed by atoms with van der Waals surface area (Å²) in [7, 11) is -3.11. The first kappa shape index (κ1) is 11.9. The maximum absolute atomic E-state index is 11.8. The van der Waals surface area contributed by atoms with Gasteiger partial charge in [0.25, 0.3) is 0 Å². The largest absolute Gasteiger partial charge is 0.375 e. The maximum Gasteiger partial charge on any atom is 0.214 e. The molecule has 0 amide bonds. The predicted octanol–water partition coefficient (Wildman–Crippen LogP) is 0.835. The van der Waals surface area contributed by atoms with Crippen molar-refractivity contribution in [3.63, 3.8) is 0 Å². The molecule has 5 heteroatoms. The molecule has 0 aromatic rings. The summed E-state index contributed by atoms with van der Waals surface area (Å²) in [6.07, 6.45) is -0.00986. The van der Waals surface area contributed by atoms with Crippen LogP contribution in [0.2, 0.25) is 0 Å². The fraction of sp³-hybridized carbons (Fsp3) is 1.00. The van der Waals surface area contributed by atoms with Gasteiger partial charge in [-0.25, -0.2) is 8.42 Å². The monoisotopic (exact) mass is 221 g/mol. The van der Waals surface area contributed by atoms with Crippen LogP contribution in [0.25, 0.3) is 0 Å². The van der Waals surface area contributed by atoms with Gasteiger partial charge in [-0.2, -0.15) is 4.31 Å². The first-order valence-corrected chi connectivity index (χ1v) is 6.52. The average molecular weight is 221 g/mol. The van der Waals surface area contributed by atoms with Gasteiger partial charge in [-0.05, 0) is 27.7 Å². The Labute approximate surface area is 86.3 Å². The fourth-order valence-corrected chi connectivity index (χ4v) is 3.15. The van der Waals surface area contributed by atoms with Gasteiger partial charge in [-0.3, -0.25) is 0 Å². The quantitative estimate of drug-likeness (QED) is 0.694. The Kier molecular flexibility index (Phi) is 3.23. The number of sulfonamides is 1. The van der Waals surface area contributed by atoms with Gasteiger partial charge in [-0.1, -0.05) is 0 Å². The number of rotatable bonds is 2. The van der Waals surface area contributed by atoms with Gasteiger partial charge in [0.2, 0.25) is 10.0 Å². The van der Waals surface area contributed by atoms with E-state index in [9.17, 15) is 8.42 Å². The molecule has 1 saturated heterocycles. The highest BCUT2D eigenvalue weighted by atomic mass is 32.2. The third-order valence-corrected chi connectivity index (χ3v) is 4.56. The molecule has 1 rings (SSSR count). The second-order valence-corrected chi connectivity index (χ2v) is 6.55. The molecule has 1 fully saturated rings. The smallest absolute Gasteiger partial charge is 0.214 e. The molecule has 0 radical (unpaired) electrons. The minimum atomic E-state index is -3.11. The van der Waals surface area contributed by atoms with Crippen LogP contribution in [0.4, 0.5) is 0 Å². The van der Waals surface area contributed by atoms with E-state index in [-0.39, 0.29) is 11.9 Å². The van der Waals surface area contributed by atoms with E-state index in [1.54, 1.807) is 11.2 Å². The van der Waals surface area contributed by atoms with E-state index < -0.39 is 15.6 Å². The molecular formula is C9H19NO3S. The second kappa shape index (κ2) is 3.79. The van der Waals surface area contributed by atoms with E-state index in [2.05, 4.69) is 0 Å². The molecule has 0 aromatic heterocycles. The normalized spacial score (nSPS) is 29.0. The van der Waals surface area contributed by atoms with Gasteiger partial charge in [-0.15, -0.1) is 0 Å². The highest BCUT2D eigenvalue weighted by Crippen LogP contribution is 2.25. The zero-order chi connectivity index (χ0) is 11.0. The first-order chi connectivity index (χ1) is 6.29. The number of nitrogens with zero attached hydrogens (tertiary/aromatic N) is 1. The molecule has 14 heavy (non-hydrogen) atoms. The van der Waals surface area contributed by atoms with Crippen molar-refractivity contribution in [1.29, 1.82) is 0 Å². The molecule has 4 nitrogen and oxygen atoms in total. The lowest BCUT2D eigenvalue weighted by molar-refractivity contribution is -0.0550. The van der Waals surface area contributed by atoms with Crippen LogP contribution in [0.1, 0.15) is 27.7 Å². The molecule has 1 aliphatic heterocycles. The first-order valence-electron chi connectivity index (χ1n) is 4.92. The Bertz CT molecular complexity index is 297. The van der Waals surface area contributed by atoms with Crippen LogP contribution in [0, 0.1) is 0 Å². The predicted molar refractivity (Wildman–Crippen MR) is 55.7 cm³/mol. The minimum Gasteiger partial charge on any atom is -0.375 e. The van der Waals surface area contributed by atoms with Gasteiger partial charge >= 0.3 is 0 Å². The zero-order valence-corrected chi connectivity index (χ0v) is 10.1. The van der Waals surface area contributed by atoms with Crippen LogP contribution in [0.5, 0.6) is 0 Å². The number of morpholine rings is 1. The van der Waals surface area contributed by atoms with Gasteiger partial charge in [0.05, 0.1) is 24.0 Å². The third-order valence-electron chi connectivity index (χ3n) is 2.52. The van der Waals surface area contributed by atoms with Gasteiger partial charge in [0, 0.05) is 6.54 Å². The number of hydrogen-bond donors (Lipinski definition) is 0. The van der Waals surface area contributed by atoms with E-state index in [0.29, 0.717) is 13.2 Å². The number of ether oxygens (including phenoxy) is 1. The Morgan fingerprint density at radius 1 is 1.50 bits per heavy atom. The molecule has 0 aliphatic carbocycles. The van der Waals surface area contributed by atoms with Crippen molar-refractivity contribution in [2.75, 3.05) is 18.9 Å². The summed E-state index contributed by atoms with van der Waals surface area (Å²) >= 11 is 0. The fourth-order valence-electron chi connectivity index (χ4n) is 1.60. The van der Waals surface area contributed by atoms with Crippen LogP contribution in [0.15, 0.2) is 0 Å². The molecule has 0 N–H and O–H groups in total.